The van der Waals surface area contributed by atoms with Crippen molar-refractivity contribution in [1.29, 1.82) is 0 Å². The van der Waals surface area contributed by atoms with E-state index in [0.717, 1.165) is 18.5 Å². The van der Waals surface area contributed by atoms with Crippen molar-refractivity contribution in [3.63, 3.8) is 0 Å². The Morgan fingerprint density at radius 1 is 0.885 bits per heavy atom. The summed E-state index contributed by atoms with van der Waals surface area (Å²) in [5.41, 5.74) is -0.277. The van der Waals surface area contributed by atoms with Crippen LogP contribution in [0.15, 0.2) is 18.2 Å². The van der Waals surface area contributed by atoms with Gasteiger partial charge < -0.3 is 14.4 Å². The molecule has 1 rings (SSSR count). The van der Waals surface area contributed by atoms with E-state index in [4.69, 9.17) is 9.47 Å². The predicted octanol–water partition coefficient (Wildman–Crippen LogP) is 4.27. The molecule has 0 unspecified atom stereocenters. The fraction of sp³-hybridized carbons (Fsp3) is 0.600. The third-order valence-electron chi connectivity index (χ3n) is 3.49. The van der Waals surface area contributed by atoms with Crippen LogP contribution in [0, 0.1) is 10.8 Å². The Bertz CT molecular complexity index is 628. The molecule has 6 heteroatoms. The monoisotopic (exact) mass is 429 g/mol. The largest absolute Gasteiger partial charge is 0.422 e. The number of hydrogen-bond acceptors (Lipinski definition) is 5. The summed E-state index contributed by atoms with van der Waals surface area (Å²) in [4.78, 5) is 26.6. The van der Waals surface area contributed by atoms with Crippen LogP contribution in [0.4, 0.5) is 0 Å². The molecule has 0 aliphatic heterocycles. The highest BCUT2D eigenvalue weighted by Crippen LogP contribution is 2.32. The molecule has 0 heterocycles. The molecule has 1 aromatic rings. The standard InChI is InChI=1S/C20H31NO4.BrH/c1-19(2,3)17(22)24-15-10-9-14(11-12-21(7)8)13-16(15)25-18(23)20(4,5)6;/h9-10,13H,11-12H2,1-8H3;1H. The lowest BCUT2D eigenvalue weighted by atomic mass is 9.97. The zero-order chi connectivity index (χ0) is 19.4. The van der Waals surface area contributed by atoms with Gasteiger partial charge in [-0.1, -0.05) is 6.07 Å². The van der Waals surface area contributed by atoms with Crippen molar-refractivity contribution in [3.8, 4) is 11.5 Å². The number of nitrogens with zero attached hydrogens (tertiary/aromatic N) is 1. The molecule has 1 aromatic carbocycles. The molecule has 26 heavy (non-hydrogen) atoms. The molecule has 0 atom stereocenters. The van der Waals surface area contributed by atoms with E-state index in [1.807, 2.05) is 20.2 Å². The maximum absolute atomic E-state index is 12.3. The van der Waals surface area contributed by atoms with Crippen LogP contribution < -0.4 is 9.47 Å². The number of rotatable bonds is 5. The number of carbonyl (C=O) groups is 2. The molecule has 0 aromatic heterocycles. The molecular weight excluding hydrogens is 398 g/mol. The topological polar surface area (TPSA) is 55.8 Å². The van der Waals surface area contributed by atoms with Crippen LogP contribution in [0.3, 0.4) is 0 Å². The zero-order valence-corrected chi connectivity index (χ0v) is 18.8. The van der Waals surface area contributed by atoms with E-state index in [1.54, 1.807) is 53.7 Å². The van der Waals surface area contributed by atoms with Gasteiger partial charge in [0.1, 0.15) is 0 Å². The average Bonchev–Trinajstić information content (AvgIpc) is 2.45. The summed E-state index contributed by atoms with van der Waals surface area (Å²) >= 11 is 0. The van der Waals surface area contributed by atoms with E-state index in [2.05, 4.69) is 4.90 Å². The second-order valence-electron chi connectivity index (χ2n) is 8.61. The first kappa shape index (κ1) is 24.6. The summed E-state index contributed by atoms with van der Waals surface area (Å²) in [6.45, 7) is 11.6. The minimum atomic E-state index is -0.648. The van der Waals surface area contributed by atoms with Crippen molar-refractivity contribution in [3.05, 3.63) is 23.8 Å². The van der Waals surface area contributed by atoms with E-state index in [9.17, 15) is 9.59 Å². The van der Waals surface area contributed by atoms with Crippen LogP contribution in [-0.4, -0.2) is 37.5 Å². The number of esters is 2. The van der Waals surface area contributed by atoms with E-state index in [-0.39, 0.29) is 40.4 Å². The molecule has 0 saturated carbocycles. The van der Waals surface area contributed by atoms with Gasteiger partial charge in [-0.15, -0.1) is 17.0 Å². The Balaban J connectivity index is 0.00000625. The summed E-state index contributed by atoms with van der Waals surface area (Å²) in [6, 6.07) is 5.36. The lowest BCUT2D eigenvalue weighted by Crippen LogP contribution is -2.28. The van der Waals surface area contributed by atoms with Gasteiger partial charge in [0.2, 0.25) is 0 Å². The van der Waals surface area contributed by atoms with Crippen molar-refractivity contribution >= 4 is 28.9 Å². The minimum absolute atomic E-state index is 0. The van der Waals surface area contributed by atoms with Crippen molar-refractivity contribution < 1.29 is 19.1 Å². The highest BCUT2D eigenvalue weighted by atomic mass is 79.9. The van der Waals surface area contributed by atoms with Gasteiger partial charge in [0, 0.05) is 6.54 Å². The van der Waals surface area contributed by atoms with Gasteiger partial charge in [0.25, 0.3) is 0 Å². The highest BCUT2D eigenvalue weighted by Gasteiger charge is 2.28. The Hall–Kier alpha value is -1.40. The summed E-state index contributed by atoms with van der Waals surface area (Å²) in [7, 11) is 4.00. The third kappa shape index (κ3) is 7.87. The molecule has 0 aliphatic rings. The first-order chi connectivity index (χ1) is 11.3. The fourth-order valence-corrected chi connectivity index (χ4v) is 1.73. The van der Waals surface area contributed by atoms with Crippen molar-refractivity contribution in [2.75, 3.05) is 20.6 Å². The zero-order valence-electron chi connectivity index (χ0n) is 17.1. The molecule has 0 bridgehead atoms. The molecule has 0 fully saturated rings. The molecule has 148 valence electrons. The van der Waals surface area contributed by atoms with Gasteiger partial charge >= 0.3 is 11.9 Å². The first-order valence-electron chi connectivity index (χ1n) is 8.53. The first-order valence-corrected chi connectivity index (χ1v) is 8.53. The molecule has 0 amide bonds. The maximum Gasteiger partial charge on any atom is 0.316 e. The number of likely N-dealkylation sites (N-methyl/N-ethyl adjacent to an activating group) is 1. The fourth-order valence-electron chi connectivity index (χ4n) is 1.73. The van der Waals surface area contributed by atoms with E-state index in [0.29, 0.717) is 0 Å². The van der Waals surface area contributed by atoms with Gasteiger partial charge in [-0.3, -0.25) is 9.59 Å². The molecule has 0 saturated heterocycles. The Kier molecular flexibility index (Phi) is 9.00. The lowest BCUT2D eigenvalue weighted by Gasteiger charge is -2.21. The smallest absolute Gasteiger partial charge is 0.316 e. The molecule has 0 spiro atoms. The summed E-state index contributed by atoms with van der Waals surface area (Å²) in [6.07, 6.45) is 0.806. The number of hydrogen-bond donors (Lipinski definition) is 0. The van der Waals surface area contributed by atoms with Crippen LogP contribution in [0.5, 0.6) is 11.5 Å². The van der Waals surface area contributed by atoms with Crippen LogP contribution in [0.1, 0.15) is 47.1 Å². The second kappa shape index (κ2) is 9.51. The molecular formula is C20H32BrNO4. The molecule has 5 nitrogen and oxygen atoms in total. The van der Waals surface area contributed by atoms with Gasteiger partial charge in [-0.25, -0.2) is 0 Å². The van der Waals surface area contributed by atoms with Gasteiger partial charge in [-0.05, 0) is 79.8 Å². The Morgan fingerprint density at radius 2 is 1.35 bits per heavy atom. The third-order valence-corrected chi connectivity index (χ3v) is 3.49. The van der Waals surface area contributed by atoms with Gasteiger partial charge in [-0.2, -0.15) is 0 Å². The Labute approximate surface area is 167 Å². The predicted molar refractivity (Wildman–Crippen MR) is 109 cm³/mol. The minimum Gasteiger partial charge on any atom is -0.422 e. The highest BCUT2D eigenvalue weighted by molar-refractivity contribution is 8.93. The van der Waals surface area contributed by atoms with E-state index in [1.165, 1.54) is 0 Å². The average molecular weight is 430 g/mol. The molecule has 0 radical (unpaired) electrons. The quantitative estimate of drug-likeness (QED) is 0.516. The van der Waals surface area contributed by atoms with Crippen LogP contribution in [-0.2, 0) is 16.0 Å². The van der Waals surface area contributed by atoms with Crippen molar-refractivity contribution in [1.82, 2.24) is 4.90 Å². The Morgan fingerprint density at radius 3 is 1.77 bits per heavy atom. The lowest BCUT2D eigenvalue weighted by molar-refractivity contribution is -0.145. The summed E-state index contributed by atoms with van der Waals surface area (Å²) in [5, 5.41) is 0. The van der Waals surface area contributed by atoms with E-state index < -0.39 is 10.8 Å². The summed E-state index contributed by atoms with van der Waals surface area (Å²) < 4.78 is 11.0. The normalized spacial score (nSPS) is 11.7. The maximum atomic E-state index is 12.3. The number of benzene rings is 1. The van der Waals surface area contributed by atoms with Crippen LogP contribution >= 0.6 is 17.0 Å². The second-order valence-corrected chi connectivity index (χ2v) is 8.61. The number of halogens is 1. The molecule has 0 N–H and O–H groups in total. The van der Waals surface area contributed by atoms with Gasteiger partial charge in [0.15, 0.2) is 11.5 Å². The van der Waals surface area contributed by atoms with E-state index >= 15 is 0 Å². The van der Waals surface area contributed by atoms with Crippen molar-refractivity contribution in [2.24, 2.45) is 10.8 Å². The van der Waals surface area contributed by atoms with Crippen molar-refractivity contribution in [2.45, 2.75) is 48.0 Å². The van der Waals surface area contributed by atoms with Gasteiger partial charge in [0.05, 0.1) is 10.8 Å². The summed E-state index contributed by atoms with van der Waals surface area (Å²) in [5.74, 6) is -0.188. The van der Waals surface area contributed by atoms with Crippen LogP contribution in [0.25, 0.3) is 0 Å². The number of carbonyl (C=O) groups excluding carboxylic acids is 2. The molecule has 0 aliphatic carbocycles. The van der Waals surface area contributed by atoms with Crippen LogP contribution in [0.2, 0.25) is 0 Å². The number of ether oxygens (including phenoxy) is 2. The SMILES string of the molecule is Br.CN(C)CCc1ccc(OC(=O)C(C)(C)C)c(OC(=O)C(C)(C)C)c1.